The van der Waals surface area contributed by atoms with Crippen molar-refractivity contribution in [2.45, 2.75) is 38.3 Å². The maximum absolute atomic E-state index is 11.9. The van der Waals surface area contributed by atoms with Crippen LogP contribution in [0.1, 0.15) is 43.4 Å². The molecular weight excluding hydrogens is 350 g/mol. The molecule has 5 heteroatoms. The third kappa shape index (κ3) is 4.02. The number of rotatable bonds is 6. The van der Waals surface area contributed by atoms with Gasteiger partial charge in [-0.1, -0.05) is 48.4 Å². The summed E-state index contributed by atoms with van der Waals surface area (Å²) in [7, 11) is 0. The minimum atomic E-state index is -0.766. The number of carboxylic acids is 1. The lowest BCUT2D eigenvalue weighted by Gasteiger charge is -2.40. The van der Waals surface area contributed by atoms with Gasteiger partial charge < -0.3 is 9.84 Å². The van der Waals surface area contributed by atoms with Crippen LogP contribution in [-0.2, 0) is 4.79 Å². The van der Waals surface area contributed by atoms with Crippen LogP contribution in [0, 0.1) is 0 Å². The number of aliphatic carboxylic acids is 1. The van der Waals surface area contributed by atoms with Crippen LogP contribution in [-0.4, -0.2) is 35.2 Å². The third-order valence-corrected chi connectivity index (χ3v) is 5.11. The third-order valence-electron chi connectivity index (χ3n) is 4.86. The molecule has 2 aromatic rings. The molecule has 1 fully saturated rings. The molecule has 26 heavy (non-hydrogen) atoms. The molecular formula is C21H24ClNO3. The summed E-state index contributed by atoms with van der Waals surface area (Å²) < 4.78 is 5.85. The summed E-state index contributed by atoms with van der Waals surface area (Å²) in [6.07, 6.45) is 2.59. The topological polar surface area (TPSA) is 49.8 Å². The zero-order valence-corrected chi connectivity index (χ0v) is 15.7. The van der Waals surface area contributed by atoms with Gasteiger partial charge in [0.05, 0.1) is 12.6 Å². The standard InChI is InChI=1S/C21H24ClNO3/c1-2-26-19-9-4-3-7-17(19)20(15-10-12-16(22)13-11-15)23-14-6-5-8-18(23)21(24)25/h3-4,7,9-13,18,20H,2,5-6,8,14H2,1H3,(H,24,25). The predicted molar refractivity (Wildman–Crippen MR) is 103 cm³/mol. The molecule has 0 radical (unpaired) electrons. The van der Waals surface area contributed by atoms with E-state index in [-0.39, 0.29) is 6.04 Å². The highest BCUT2D eigenvalue weighted by molar-refractivity contribution is 6.30. The zero-order valence-electron chi connectivity index (χ0n) is 14.9. The van der Waals surface area contributed by atoms with Crippen LogP contribution in [0.25, 0.3) is 0 Å². The van der Waals surface area contributed by atoms with Crippen LogP contribution in [0.5, 0.6) is 5.75 Å². The van der Waals surface area contributed by atoms with Crippen molar-refractivity contribution in [1.29, 1.82) is 0 Å². The Morgan fingerprint density at radius 2 is 1.96 bits per heavy atom. The van der Waals surface area contributed by atoms with Crippen LogP contribution in [0.3, 0.4) is 0 Å². The Kier molecular flexibility index (Phi) is 6.17. The molecule has 2 aromatic carbocycles. The van der Waals surface area contributed by atoms with Gasteiger partial charge in [-0.2, -0.15) is 0 Å². The number of hydrogen-bond donors (Lipinski definition) is 1. The van der Waals surface area contributed by atoms with Gasteiger partial charge in [0.25, 0.3) is 0 Å². The van der Waals surface area contributed by atoms with E-state index in [4.69, 9.17) is 16.3 Å². The highest BCUT2D eigenvalue weighted by Gasteiger charge is 2.36. The fourth-order valence-electron chi connectivity index (χ4n) is 3.72. The van der Waals surface area contributed by atoms with Crippen molar-refractivity contribution in [3.05, 3.63) is 64.7 Å². The van der Waals surface area contributed by atoms with Crippen molar-refractivity contribution in [3.63, 3.8) is 0 Å². The number of carboxylic acid groups (broad SMARTS) is 1. The molecule has 138 valence electrons. The molecule has 0 amide bonds. The van der Waals surface area contributed by atoms with E-state index in [1.807, 2.05) is 55.5 Å². The molecule has 1 aliphatic heterocycles. The maximum atomic E-state index is 11.9. The molecule has 0 aromatic heterocycles. The van der Waals surface area contributed by atoms with Crippen LogP contribution in [0.15, 0.2) is 48.5 Å². The van der Waals surface area contributed by atoms with Gasteiger partial charge in [-0.15, -0.1) is 0 Å². The van der Waals surface area contributed by atoms with Crippen molar-refractivity contribution in [3.8, 4) is 5.75 Å². The molecule has 0 spiro atoms. The average Bonchev–Trinajstić information content (AvgIpc) is 2.65. The lowest BCUT2D eigenvalue weighted by atomic mass is 9.91. The molecule has 1 aliphatic rings. The Labute approximate surface area is 159 Å². The summed E-state index contributed by atoms with van der Waals surface area (Å²) in [5, 5.41) is 10.4. The molecule has 2 unspecified atom stereocenters. The second kappa shape index (κ2) is 8.56. The van der Waals surface area contributed by atoms with Gasteiger partial charge in [0.1, 0.15) is 11.8 Å². The number of piperidine rings is 1. The summed E-state index contributed by atoms with van der Waals surface area (Å²) in [6, 6.07) is 14.9. The van der Waals surface area contributed by atoms with Crippen molar-refractivity contribution >= 4 is 17.6 Å². The fraction of sp³-hybridized carbons (Fsp3) is 0.381. The number of hydrogen-bond acceptors (Lipinski definition) is 3. The van der Waals surface area contributed by atoms with Crippen LogP contribution in [0.2, 0.25) is 5.02 Å². The van der Waals surface area contributed by atoms with Crippen molar-refractivity contribution < 1.29 is 14.6 Å². The Hall–Kier alpha value is -2.04. The smallest absolute Gasteiger partial charge is 0.320 e. The maximum Gasteiger partial charge on any atom is 0.320 e. The summed E-state index contributed by atoms with van der Waals surface area (Å²) in [4.78, 5) is 14.0. The van der Waals surface area contributed by atoms with E-state index in [1.165, 1.54) is 0 Å². The Balaban J connectivity index is 2.10. The number of likely N-dealkylation sites (tertiary alicyclic amines) is 1. The van der Waals surface area contributed by atoms with E-state index in [2.05, 4.69) is 4.90 Å². The zero-order chi connectivity index (χ0) is 18.5. The lowest BCUT2D eigenvalue weighted by molar-refractivity contribution is -0.145. The van der Waals surface area contributed by atoms with Crippen molar-refractivity contribution in [2.75, 3.05) is 13.2 Å². The molecule has 3 rings (SSSR count). The fourth-order valence-corrected chi connectivity index (χ4v) is 3.84. The molecule has 0 bridgehead atoms. The Bertz CT molecular complexity index is 747. The summed E-state index contributed by atoms with van der Waals surface area (Å²) in [5.74, 6) is 0.0298. The molecule has 1 heterocycles. The first-order valence-electron chi connectivity index (χ1n) is 9.07. The van der Waals surface area contributed by atoms with Gasteiger partial charge >= 0.3 is 5.97 Å². The number of benzene rings is 2. The van der Waals surface area contributed by atoms with Crippen LogP contribution >= 0.6 is 11.6 Å². The molecule has 1 N–H and O–H groups in total. The molecule has 1 saturated heterocycles. The number of para-hydroxylation sites is 1. The lowest BCUT2D eigenvalue weighted by Crippen LogP contribution is -2.46. The first kappa shape index (κ1) is 18.7. The average molecular weight is 374 g/mol. The van der Waals surface area contributed by atoms with Gasteiger partial charge in [-0.05, 0) is 50.1 Å². The van der Waals surface area contributed by atoms with Crippen LogP contribution in [0.4, 0.5) is 0 Å². The molecule has 0 aliphatic carbocycles. The van der Waals surface area contributed by atoms with E-state index in [0.29, 0.717) is 18.1 Å². The Morgan fingerprint density at radius 1 is 1.23 bits per heavy atom. The van der Waals surface area contributed by atoms with Gasteiger partial charge in [0, 0.05) is 10.6 Å². The van der Waals surface area contributed by atoms with Gasteiger partial charge in [-0.3, -0.25) is 9.69 Å². The van der Waals surface area contributed by atoms with E-state index in [9.17, 15) is 9.90 Å². The largest absolute Gasteiger partial charge is 0.494 e. The molecule has 0 saturated carbocycles. The molecule has 2 atom stereocenters. The number of ether oxygens (including phenoxy) is 1. The van der Waals surface area contributed by atoms with Crippen molar-refractivity contribution in [2.24, 2.45) is 0 Å². The van der Waals surface area contributed by atoms with Gasteiger partial charge in [0.15, 0.2) is 0 Å². The monoisotopic (exact) mass is 373 g/mol. The summed E-state index contributed by atoms with van der Waals surface area (Å²) in [6.45, 7) is 3.26. The van der Waals surface area contributed by atoms with Gasteiger partial charge in [0.2, 0.25) is 0 Å². The van der Waals surface area contributed by atoms with E-state index in [1.54, 1.807) is 0 Å². The first-order valence-corrected chi connectivity index (χ1v) is 9.45. The Morgan fingerprint density at radius 3 is 2.65 bits per heavy atom. The van der Waals surface area contributed by atoms with Crippen LogP contribution < -0.4 is 4.74 Å². The van der Waals surface area contributed by atoms with Gasteiger partial charge in [-0.25, -0.2) is 0 Å². The quantitative estimate of drug-likeness (QED) is 0.792. The minimum Gasteiger partial charge on any atom is -0.494 e. The van der Waals surface area contributed by atoms with E-state index in [0.717, 1.165) is 36.3 Å². The minimum absolute atomic E-state index is 0.184. The summed E-state index contributed by atoms with van der Waals surface area (Å²) in [5.41, 5.74) is 2.01. The first-order chi connectivity index (χ1) is 12.6. The highest BCUT2D eigenvalue weighted by Crippen LogP contribution is 2.38. The predicted octanol–water partition coefficient (Wildman–Crippen LogP) is 4.77. The highest BCUT2D eigenvalue weighted by atomic mass is 35.5. The summed E-state index contributed by atoms with van der Waals surface area (Å²) >= 11 is 6.08. The van der Waals surface area contributed by atoms with E-state index >= 15 is 0 Å². The number of nitrogens with zero attached hydrogens (tertiary/aromatic N) is 1. The van der Waals surface area contributed by atoms with Crippen molar-refractivity contribution in [1.82, 2.24) is 4.90 Å². The number of carbonyl (C=O) groups is 1. The normalized spacial score (nSPS) is 19.1. The second-order valence-corrected chi connectivity index (χ2v) is 6.95. The second-order valence-electron chi connectivity index (χ2n) is 6.51. The van der Waals surface area contributed by atoms with E-state index < -0.39 is 12.0 Å². The molecule has 4 nitrogen and oxygen atoms in total. The SMILES string of the molecule is CCOc1ccccc1C(c1ccc(Cl)cc1)N1CCCCC1C(=O)O. The number of halogens is 1.